The van der Waals surface area contributed by atoms with Crippen LogP contribution in [0.3, 0.4) is 0 Å². The fourth-order valence-corrected chi connectivity index (χ4v) is 3.96. The Bertz CT molecular complexity index is 558. The molecule has 1 aromatic carbocycles. The van der Waals surface area contributed by atoms with E-state index < -0.39 is 27.8 Å². The van der Waals surface area contributed by atoms with Gasteiger partial charge in [-0.3, -0.25) is 0 Å². The topological polar surface area (TPSA) is 74.6 Å². The molecule has 1 rings (SSSR count). The van der Waals surface area contributed by atoms with Crippen molar-refractivity contribution in [2.45, 2.75) is 37.0 Å². The lowest BCUT2D eigenvalue weighted by atomic mass is 10.00. The average molecular weight is 298 g/mol. The van der Waals surface area contributed by atoms with Crippen molar-refractivity contribution in [2.24, 2.45) is 5.92 Å². The van der Waals surface area contributed by atoms with E-state index in [4.69, 9.17) is 0 Å². The lowest BCUT2D eigenvalue weighted by Gasteiger charge is -2.26. The Balaban J connectivity index is 3.31. The molecule has 0 unspecified atom stereocenters. The molecule has 4 nitrogen and oxygen atoms in total. The molecule has 0 fully saturated rings. The standard InChI is InChI=1S/C15H22O4S/c1-10(2)14(17)15(12(4)9-16)20(18,19)13-7-5-11(3)6-8-13/h5-8,10,14-17H,4,9H2,1-3H3/t14-,15-/m0/s1. The van der Waals surface area contributed by atoms with Gasteiger partial charge in [0, 0.05) is 0 Å². The van der Waals surface area contributed by atoms with Gasteiger partial charge in [0.2, 0.25) is 0 Å². The molecule has 0 radical (unpaired) electrons. The van der Waals surface area contributed by atoms with E-state index >= 15 is 0 Å². The number of aliphatic hydroxyl groups excluding tert-OH is 2. The zero-order valence-electron chi connectivity index (χ0n) is 12.1. The summed E-state index contributed by atoms with van der Waals surface area (Å²) in [5.74, 6) is -0.261. The minimum atomic E-state index is -3.78. The minimum Gasteiger partial charge on any atom is -0.392 e. The molecule has 0 aliphatic carbocycles. The van der Waals surface area contributed by atoms with Crippen LogP contribution in [0.25, 0.3) is 0 Å². The van der Waals surface area contributed by atoms with Gasteiger partial charge in [-0.2, -0.15) is 0 Å². The zero-order chi connectivity index (χ0) is 15.5. The summed E-state index contributed by atoms with van der Waals surface area (Å²) >= 11 is 0. The maximum absolute atomic E-state index is 12.7. The predicted molar refractivity (Wildman–Crippen MR) is 79.2 cm³/mol. The number of aryl methyl sites for hydroxylation is 1. The van der Waals surface area contributed by atoms with Gasteiger partial charge < -0.3 is 10.2 Å². The van der Waals surface area contributed by atoms with Crippen molar-refractivity contribution < 1.29 is 18.6 Å². The molecule has 2 atom stereocenters. The summed E-state index contributed by atoms with van der Waals surface area (Å²) in [6, 6.07) is 6.42. The van der Waals surface area contributed by atoms with Crippen LogP contribution in [0.1, 0.15) is 19.4 Å². The van der Waals surface area contributed by atoms with Crippen molar-refractivity contribution in [1.82, 2.24) is 0 Å². The van der Waals surface area contributed by atoms with Crippen LogP contribution >= 0.6 is 0 Å². The third-order valence-electron chi connectivity index (χ3n) is 3.28. The first-order chi connectivity index (χ1) is 9.21. The molecule has 0 bridgehead atoms. The summed E-state index contributed by atoms with van der Waals surface area (Å²) in [6.45, 7) is 8.45. The summed E-state index contributed by atoms with van der Waals surface area (Å²) in [7, 11) is -3.78. The van der Waals surface area contributed by atoms with Gasteiger partial charge in [0.15, 0.2) is 9.84 Å². The summed E-state index contributed by atoms with van der Waals surface area (Å²) in [4.78, 5) is 0.127. The van der Waals surface area contributed by atoms with Crippen molar-refractivity contribution >= 4 is 9.84 Å². The summed E-state index contributed by atoms with van der Waals surface area (Å²) in [5, 5.41) is 18.2. The van der Waals surface area contributed by atoms with Crippen molar-refractivity contribution in [3.05, 3.63) is 42.0 Å². The molecule has 1 aromatic rings. The molecule has 112 valence electrons. The molecule has 5 heteroatoms. The van der Waals surface area contributed by atoms with Crippen LogP contribution in [-0.2, 0) is 9.84 Å². The van der Waals surface area contributed by atoms with Crippen molar-refractivity contribution in [2.75, 3.05) is 6.61 Å². The van der Waals surface area contributed by atoms with Gasteiger partial charge >= 0.3 is 0 Å². The predicted octanol–water partition coefficient (Wildman–Crippen LogP) is 1.70. The van der Waals surface area contributed by atoms with E-state index in [9.17, 15) is 18.6 Å². The van der Waals surface area contributed by atoms with Crippen LogP contribution in [0.4, 0.5) is 0 Å². The molecule has 0 saturated carbocycles. The molecule has 0 aliphatic rings. The van der Waals surface area contributed by atoms with Gasteiger partial charge in [-0.05, 0) is 30.5 Å². The second-order valence-electron chi connectivity index (χ2n) is 5.33. The number of rotatable bonds is 6. The molecule has 0 aromatic heterocycles. The molecular formula is C15H22O4S. The number of hydrogen-bond acceptors (Lipinski definition) is 4. The normalized spacial score (nSPS) is 15.1. The Hall–Kier alpha value is -1.17. The second-order valence-corrected chi connectivity index (χ2v) is 7.40. The van der Waals surface area contributed by atoms with E-state index in [0.717, 1.165) is 5.56 Å². The molecule has 2 N–H and O–H groups in total. The van der Waals surface area contributed by atoms with Crippen LogP contribution in [0.5, 0.6) is 0 Å². The second kappa shape index (κ2) is 6.52. The third-order valence-corrected chi connectivity index (χ3v) is 5.49. The Morgan fingerprint density at radius 3 is 2.15 bits per heavy atom. The van der Waals surface area contributed by atoms with Gasteiger partial charge in [0.1, 0.15) is 5.25 Å². The van der Waals surface area contributed by atoms with Crippen LogP contribution in [-0.4, -0.2) is 36.6 Å². The maximum atomic E-state index is 12.7. The number of sulfone groups is 1. The fourth-order valence-electron chi connectivity index (χ4n) is 1.96. The summed E-state index contributed by atoms with van der Waals surface area (Å²) < 4.78 is 25.3. The van der Waals surface area contributed by atoms with Crippen LogP contribution in [0.2, 0.25) is 0 Å². The highest BCUT2D eigenvalue weighted by atomic mass is 32.2. The molecular weight excluding hydrogens is 276 g/mol. The smallest absolute Gasteiger partial charge is 0.187 e. The van der Waals surface area contributed by atoms with Gasteiger partial charge in [0.25, 0.3) is 0 Å². The van der Waals surface area contributed by atoms with Crippen LogP contribution in [0.15, 0.2) is 41.3 Å². The molecule has 0 aliphatic heterocycles. The Morgan fingerprint density at radius 1 is 1.25 bits per heavy atom. The van der Waals surface area contributed by atoms with E-state index in [2.05, 4.69) is 6.58 Å². The monoisotopic (exact) mass is 298 g/mol. The molecule has 0 spiro atoms. The van der Waals surface area contributed by atoms with Gasteiger partial charge in [0.05, 0.1) is 17.6 Å². The summed E-state index contributed by atoms with van der Waals surface area (Å²) in [5.41, 5.74) is 1.05. The largest absolute Gasteiger partial charge is 0.392 e. The van der Waals surface area contributed by atoms with Crippen LogP contribution in [0, 0.1) is 12.8 Å². The fraction of sp³-hybridized carbons (Fsp3) is 0.467. The number of benzene rings is 1. The lowest BCUT2D eigenvalue weighted by Crippen LogP contribution is -2.39. The van der Waals surface area contributed by atoms with Crippen molar-refractivity contribution in [3.8, 4) is 0 Å². The average Bonchev–Trinajstić information content (AvgIpc) is 2.38. The van der Waals surface area contributed by atoms with Crippen LogP contribution < -0.4 is 0 Å². The zero-order valence-corrected chi connectivity index (χ0v) is 12.9. The van der Waals surface area contributed by atoms with Gasteiger partial charge in [-0.25, -0.2) is 8.42 Å². The van der Waals surface area contributed by atoms with E-state index in [1.165, 1.54) is 12.1 Å². The number of aliphatic hydroxyl groups is 2. The summed E-state index contributed by atoms with van der Waals surface area (Å²) in [6.07, 6.45) is -1.11. The Labute approximate surface area is 120 Å². The molecule has 0 saturated heterocycles. The Morgan fingerprint density at radius 2 is 1.75 bits per heavy atom. The molecule has 0 amide bonds. The first-order valence-corrected chi connectivity index (χ1v) is 8.03. The highest BCUT2D eigenvalue weighted by molar-refractivity contribution is 7.92. The van der Waals surface area contributed by atoms with Crippen molar-refractivity contribution in [1.29, 1.82) is 0 Å². The third kappa shape index (κ3) is 3.48. The molecule has 20 heavy (non-hydrogen) atoms. The SMILES string of the molecule is C=C(CO)[C@@H]([C@@H](O)C(C)C)S(=O)(=O)c1ccc(C)cc1. The highest BCUT2D eigenvalue weighted by Gasteiger charge is 2.37. The van der Waals surface area contributed by atoms with E-state index in [-0.39, 0.29) is 16.4 Å². The first-order valence-electron chi connectivity index (χ1n) is 6.49. The van der Waals surface area contributed by atoms with E-state index in [1.807, 2.05) is 6.92 Å². The molecule has 0 heterocycles. The lowest BCUT2D eigenvalue weighted by molar-refractivity contribution is 0.124. The van der Waals surface area contributed by atoms with Crippen molar-refractivity contribution in [3.63, 3.8) is 0 Å². The van der Waals surface area contributed by atoms with E-state index in [0.29, 0.717) is 0 Å². The van der Waals surface area contributed by atoms with E-state index in [1.54, 1.807) is 26.0 Å². The number of hydrogen-bond donors (Lipinski definition) is 2. The highest BCUT2D eigenvalue weighted by Crippen LogP contribution is 2.26. The van der Waals surface area contributed by atoms with Gasteiger partial charge in [-0.15, -0.1) is 0 Å². The van der Waals surface area contributed by atoms with Gasteiger partial charge in [-0.1, -0.05) is 38.1 Å². The Kier molecular flexibility index (Phi) is 5.50. The first kappa shape index (κ1) is 16.9. The maximum Gasteiger partial charge on any atom is 0.187 e. The minimum absolute atomic E-state index is 0.103. The quantitative estimate of drug-likeness (QED) is 0.784.